The number of aliphatic carboxylic acids is 1. The predicted molar refractivity (Wildman–Crippen MR) is 130 cm³/mol. The molecular formula is C28H21F3N2O4. The van der Waals surface area contributed by atoms with Crippen LogP contribution in [0.15, 0.2) is 97.2 Å². The zero-order chi connectivity index (χ0) is 26.4. The van der Waals surface area contributed by atoms with Gasteiger partial charge < -0.3 is 15.2 Å². The van der Waals surface area contributed by atoms with Gasteiger partial charge in [0, 0.05) is 24.2 Å². The molecule has 1 aromatic heterocycles. The number of pyridine rings is 1. The van der Waals surface area contributed by atoms with Crippen molar-refractivity contribution in [2.45, 2.75) is 18.6 Å². The molecule has 1 amide bonds. The Bertz CT molecular complexity index is 1360. The fraction of sp³-hybridized carbons (Fsp3) is 0.107. The van der Waals surface area contributed by atoms with Crippen LogP contribution in [0, 0.1) is 0 Å². The van der Waals surface area contributed by atoms with E-state index in [9.17, 15) is 27.9 Å². The second kappa shape index (κ2) is 10.9. The van der Waals surface area contributed by atoms with Crippen LogP contribution in [0.2, 0.25) is 0 Å². The summed E-state index contributed by atoms with van der Waals surface area (Å²) in [6, 6.07) is 23.7. The summed E-state index contributed by atoms with van der Waals surface area (Å²) in [4.78, 5) is 28.1. The number of carboxylic acid groups (broad SMARTS) is 1. The van der Waals surface area contributed by atoms with E-state index >= 15 is 0 Å². The molecule has 9 heteroatoms. The van der Waals surface area contributed by atoms with Crippen molar-refractivity contribution in [3.8, 4) is 22.8 Å². The van der Waals surface area contributed by atoms with E-state index in [-0.39, 0.29) is 23.6 Å². The van der Waals surface area contributed by atoms with Crippen LogP contribution in [-0.4, -0.2) is 28.0 Å². The Morgan fingerprint density at radius 2 is 1.51 bits per heavy atom. The van der Waals surface area contributed by atoms with Crippen molar-refractivity contribution >= 4 is 11.9 Å². The SMILES string of the molecule is O=C(NC(Cc1ccc(-c2ccccc2)cc1)C(=O)O)c1ccc(Oc2ccc(C(F)(F)F)cn2)cc1. The fourth-order valence-electron chi connectivity index (χ4n) is 3.54. The van der Waals surface area contributed by atoms with E-state index in [1.54, 1.807) is 0 Å². The number of amides is 1. The topological polar surface area (TPSA) is 88.5 Å². The first-order chi connectivity index (χ1) is 17.7. The molecule has 2 N–H and O–H groups in total. The van der Waals surface area contributed by atoms with Gasteiger partial charge in [0.1, 0.15) is 11.8 Å². The Kier molecular flexibility index (Phi) is 7.52. The molecule has 0 aliphatic heterocycles. The zero-order valence-electron chi connectivity index (χ0n) is 19.3. The number of alkyl halides is 3. The van der Waals surface area contributed by atoms with Crippen LogP contribution in [0.3, 0.4) is 0 Å². The molecule has 0 saturated carbocycles. The molecule has 1 heterocycles. The number of benzene rings is 3. The molecule has 0 bridgehead atoms. The molecule has 0 aliphatic carbocycles. The molecule has 6 nitrogen and oxygen atoms in total. The van der Waals surface area contributed by atoms with Gasteiger partial charge in [-0.3, -0.25) is 4.79 Å². The summed E-state index contributed by atoms with van der Waals surface area (Å²) in [5.74, 6) is -1.56. The van der Waals surface area contributed by atoms with Crippen LogP contribution >= 0.6 is 0 Å². The summed E-state index contributed by atoms with van der Waals surface area (Å²) >= 11 is 0. The monoisotopic (exact) mass is 506 g/mol. The zero-order valence-corrected chi connectivity index (χ0v) is 19.3. The van der Waals surface area contributed by atoms with E-state index in [1.807, 2.05) is 54.6 Å². The van der Waals surface area contributed by atoms with Crippen LogP contribution < -0.4 is 10.1 Å². The molecule has 1 atom stereocenters. The number of hydrogen-bond acceptors (Lipinski definition) is 4. The lowest BCUT2D eigenvalue weighted by Gasteiger charge is -2.15. The summed E-state index contributed by atoms with van der Waals surface area (Å²) in [6.07, 6.45) is -3.74. The number of carbonyl (C=O) groups is 2. The van der Waals surface area contributed by atoms with Crippen molar-refractivity contribution in [2.24, 2.45) is 0 Å². The first-order valence-corrected chi connectivity index (χ1v) is 11.2. The van der Waals surface area contributed by atoms with Crippen LogP contribution in [0.25, 0.3) is 11.1 Å². The van der Waals surface area contributed by atoms with Crippen LogP contribution in [-0.2, 0) is 17.4 Å². The molecule has 0 saturated heterocycles. The first kappa shape index (κ1) is 25.4. The summed E-state index contributed by atoms with van der Waals surface area (Å²) in [5, 5.41) is 12.1. The number of hydrogen-bond donors (Lipinski definition) is 2. The maximum absolute atomic E-state index is 12.7. The summed E-state index contributed by atoms with van der Waals surface area (Å²) in [7, 11) is 0. The maximum atomic E-state index is 12.7. The van der Waals surface area contributed by atoms with Gasteiger partial charge in [0.25, 0.3) is 5.91 Å². The Balaban J connectivity index is 1.37. The standard InChI is InChI=1S/C28H21F3N2O4/c29-28(30,31)22-12-15-25(32-17-22)37-23-13-10-21(11-14-23)26(34)33-24(27(35)36)16-18-6-8-20(9-7-18)19-4-2-1-3-5-19/h1-15,17,24H,16H2,(H,33,34)(H,35,36). The lowest BCUT2D eigenvalue weighted by molar-refractivity contribution is -0.139. The van der Waals surface area contributed by atoms with Crippen molar-refractivity contribution in [1.29, 1.82) is 0 Å². The average molecular weight is 506 g/mol. The highest BCUT2D eigenvalue weighted by atomic mass is 19.4. The molecule has 37 heavy (non-hydrogen) atoms. The van der Waals surface area contributed by atoms with Crippen LogP contribution in [0.1, 0.15) is 21.5 Å². The predicted octanol–water partition coefficient (Wildman–Crippen LogP) is 5.99. The van der Waals surface area contributed by atoms with Crippen LogP contribution in [0.4, 0.5) is 13.2 Å². The van der Waals surface area contributed by atoms with Gasteiger partial charge in [0.05, 0.1) is 5.56 Å². The number of carbonyl (C=O) groups excluding carboxylic acids is 1. The van der Waals surface area contributed by atoms with Gasteiger partial charge >= 0.3 is 12.1 Å². The normalized spacial score (nSPS) is 12.0. The highest BCUT2D eigenvalue weighted by Crippen LogP contribution is 2.30. The minimum atomic E-state index is -4.50. The number of nitrogens with zero attached hydrogens (tertiary/aromatic N) is 1. The van der Waals surface area contributed by atoms with E-state index in [2.05, 4.69) is 10.3 Å². The number of nitrogens with one attached hydrogen (secondary N) is 1. The molecule has 0 aliphatic rings. The van der Waals surface area contributed by atoms with Gasteiger partial charge in [-0.15, -0.1) is 0 Å². The smallest absolute Gasteiger partial charge is 0.417 e. The van der Waals surface area contributed by atoms with Gasteiger partial charge in [0.15, 0.2) is 0 Å². The van der Waals surface area contributed by atoms with E-state index < -0.39 is 29.7 Å². The van der Waals surface area contributed by atoms with E-state index in [4.69, 9.17) is 4.74 Å². The van der Waals surface area contributed by atoms with Crippen LogP contribution in [0.5, 0.6) is 11.6 Å². The molecule has 0 fully saturated rings. The molecule has 3 aromatic carbocycles. The van der Waals surface area contributed by atoms with Crippen molar-refractivity contribution in [1.82, 2.24) is 10.3 Å². The van der Waals surface area contributed by atoms with Gasteiger partial charge in [0.2, 0.25) is 5.88 Å². The summed E-state index contributed by atoms with van der Waals surface area (Å²) in [6.45, 7) is 0. The third kappa shape index (κ3) is 6.72. The minimum Gasteiger partial charge on any atom is -0.480 e. The van der Waals surface area contributed by atoms with Crippen molar-refractivity contribution < 1.29 is 32.6 Å². The Morgan fingerprint density at radius 3 is 2.08 bits per heavy atom. The number of ether oxygens (including phenoxy) is 1. The summed E-state index contributed by atoms with van der Waals surface area (Å²) in [5.41, 5.74) is 2.08. The third-order valence-electron chi connectivity index (χ3n) is 5.51. The van der Waals surface area contributed by atoms with E-state index in [0.717, 1.165) is 28.8 Å². The van der Waals surface area contributed by atoms with Crippen molar-refractivity contribution in [3.05, 3.63) is 114 Å². The molecule has 188 valence electrons. The van der Waals surface area contributed by atoms with Gasteiger partial charge in [-0.2, -0.15) is 13.2 Å². The number of aromatic nitrogens is 1. The third-order valence-corrected chi connectivity index (χ3v) is 5.51. The van der Waals surface area contributed by atoms with E-state index in [0.29, 0.717) is 6.20 Å². The molecule has 4 aromatic rings. The van der Waals surface area contributed by atoms with E-state index in [1.165, 1.54) is 24.3 Å². The van der Waals surface area contributed by atoms with Gasteiger partial charge in [-0.05, 0) is 47.0 Å². The van der Waals surface area contributed by atoms with Gasteiger partial charge in [-0.25, -0.2) is 9.78 Å². The fourth-order valence-corrected chi connectivity index (χ4v) is 3.54. The summed E-state index contributed by atoms with van der Waals surface area (Å²) < 4.78 is 43.4. The number of carboxylic acids is 1. The number of rotatable bonds is 8. The largest absolute Gasteiger partial charge is 0.480 e. The van der Waals surface area contributed by atoms with Crippen molar-refractivity contribution in [2.75, 3.05) is 0 Å². The highest BCUT2D eigenvalue weighted by molar-refractivity contribution is 5.96. The second-order valence-electron chi connectivity index (χ2n) is 8.14. The molecule has 0 spiro atoms. The highest BCUT2D eigenvalue weighted by Gasteiger charge is 2.30. The average Bonchev–Trinajstić information content (AvgIpc) is 2.89. The molecule has 4 rings (SSSR count). The molecular weight excluding hydrogens is 485 g/mol. The Hall–Kier alpha value is -4.66. The van der Waals surface area contributed by atoms with Gasteiger partial charge in [-0.1, -0.05) is 54.6 Å². The maximum Gasteiger partial charge on any atom is 0.417 e. The Labute approximate surface area is 210 Å². The van der Waals surface area contributed by atoms with Crippen molar-refractivity contribution in [3.63, 3.8) is 0 Å². The molecule has 0 radical (unpaired) electrons. The first-order valence-electron chi connectivity index (χ1n) is 11.2. The lowest BCUT2D eigenvalue weighted by atomic mass is 10.0. The number of halogens is 3. The minimum absolute atomic E-state index is 0.0468. The second-order valence-corrected chi connectivity index (χ2v) is 8.14. The quantitative estimate of drug-likeness (QED) is 0.307. The molecule has 1 unspecified atom stereocenters. The Morgan fingerprint density at radius 1 is 0.865 bits per heavy atom. The lowest BCUT2D eigenvalue weighted by Crippen LogP contribution is -2.42.